The van der Waals surface area contributed by atoms with Crippen LogP contribution >= 0.6 is 0 Å². The molecule has 1 aromatic heterocycles. The zero-order valence-electron chi connectivity index (χ0n) is 16.1. The van der Waals surface area contributed by atoms with Crippen molar-refractivity contribution in [1.29, 1.82) is 0 Å². The van der Waals surface area contributed by atoms with Crippen LogP contribution in [0.5, 0.6) is 0 Å². The summed E-state index contributed by atoms with van der Waals surface area (Å²) in [6.45, 7) is 6.12. The fourth-order valence-corrected chi connectivity index (χ4v) is 3.81. The number of fused-ring (bicyclic) bond motifs is 2. The van der Waals surface area contributed by atoms with Crippen LogP contribution in [0.1, 0.15) is 25.8 Å². The minimum absolute atomic E-state index is 0.111. The van der Waals surface area contributed by atoms with Crippen LogP contribution in [-0.2, 0) is 6.54 Å². The normalized spacial score (nSPS) is 20.9. The van der Waals surface area contributed by atoms with Gasteiger partial charge in [-0.05, 0) is 31.4 Å². The lowest BCUT2D eigenvalue weighted by molar-refractivity contribution is 0.522. The molecule has 0 saturated carbocycles. The van der Waals surface area contributed by atoms with Gasteiger partial charge < -0.3 is 10.2 Å². The van der Waals surface area contributed by atoms with Crippen molar-refractivity contribution in [2.24, 2.45) is 10.9 Å². The summed E-state index contributed by atoms with van der Waals surface area (Å²) in [5.41, 5.74) is 3.27. The van der Waals surface area contributed by atoms with E-state index in [-0.39, 0.29) is 17.5 Å². The predicted molar refractivity (Wildman–Crippen MR) is 109 cm³/mol. The van der Waals surface area contributed by atoms with Gasteiger partial charge in [-0.25, -0.2) is 14.2 Å². The van der Waals surface area contributed by atoms with Crippen LogP contribution in [-0.4, -0.2) is 34.8 Å². The number of halogens is 1. The highest BCUT2D eigenvalue weighted by Gasteiger charge is 2.34. The molecule has 7 heteroatoms. The quantitative estimate of drug-likeness (QED) is 0.781. The van der Waals surface area contributed by atoms with Gasteiger partial charge in [0.1, 0.15) is 17.3 Å². The number of aromatic amines is 1. The molecule has 1 aliphatic carbocycles. The minimum Gasteiger partial charge on any atom is -0.346 e. The second-order valence-electron chi connectivity index (χ2n) is 7.46. The molecule has 0 amide bonds. The number of anilines is 1. The van der Waals surface area contributed by atoms with Crippen LogP contribution in [0.3, 0.4) is 0 Å². The van der Waals surface area contributed by atoms with Crippen molar-refractivity contribution in [2.45, 2.75) is 32.9 Å². The average molecular weight is 381 g/mol. The molecule has 2 unspecified atom stereocenters. The third-order valence-electron chi connectivity index (χ3n) is 5.56. The summed E-state index contributed by atoms with van der Waals surface area (Å²) in [5, 5.41) is 3.31. The summed E-state index contributed by atoms with van der Waals surface area (Å²) in [4.78, 5) is 25.4. The van der Waals surface area contributed by atoms with Gasteiger partial charge in [0, 0.05) is 25.2 Å². The first kappa shape index (κ1) is 18.6. The minimum atomic E-state index is -0.378. The highest BCUT2D eigenvalue weighted by atomic mass is 19.1. The van der Waals surface area contributed by atoms with E-state index < -0.39 is 0 Å². The van der Waals surface area contributed by atoms with Gasteiger partial charge in [0.25, 0.3) is 0 Å². The first-order chi connectivity index (χ1) is 13.5. The fourth-order valence-electron chi connectivity index (χ4n) is 3.81. The number of nitrogens with one attached hydrogen (secondary N) is 2. The lowest BCUT2D eigenvalue weighted by Gasteiger charge is -2.40. The molecular formula is C21H24FN5O. The van der Waals surface area contributed by atoms with Crippen LogP contribution in [0.4, 0.5) is 15.9 Å². The molecule has 0 bridgehead atoms. The molecule has 28 heavy (non-hydrogen) atoms. The number of nitrogens with zero attached hydrogens (tertiary/aromatic N) is 3. The topological polar surface area (TPSA) is 73.4 Å². The summed E-state index contributed by atoms with van der Waals surface area (Å²) in [6, 6.07) is 6.88. The van der Waals surface area contributed by atoms with Crippen LogP contribution in [0, 0.1) is 11.7 Å². The third-order valence-corrected chi connectivity index (χ3v) is 5.56. The maximum absolute atomic E-state index is 13.8. The molecule has 2 heterocycles. The maximum atomic E-state index is 13.8. The van der Waals surface area contributed by atoms with Crippen LogP contribution < -0.4 is 15.9 Å². The van der Waals surface area contributed by atoms with Gasteiger partial charge in [0.15, 0.2) is 0 Å². The Morgan fingerprint density at radius 1 is 1.36 bits per heavy atom. The summed E-state index contributed by atoms with van der Waals surface area (Å²) >= 11 is 0. The van der Waals surface area contributed by atoms with Gasteiger partial charge in [-0.2, -0.15) is 4.98 Å². The summed E-state index contributed by atoms with van der Waals surface area (Å²) in [6.07, 6.45) is 4.61. The standard InChI is InChI=1S/C21H24FN5O/c1-13-9-17-19(10-14(13)2)27(20-18(25-17)12-24-21(28)26-20)8-7-23-11-15-5-3-4-6-16(15)22/h3-6,9,12,14,19,23H,7-8,10-11H2,1-2H3,(H,24,26,28). The molecule has 2 aliphatic rings. The van der Waals surface area contributed by atoms with Gasteiger partial charge in [-0.15, -0.1) is 0 Å². The van der Waals surface area contributed by atoms with Crippen LogP contribution in [0.25, 0.3) is 0 Å². The Kier molecular flexibility index (Phi) is 5.09. The second kappa shape index (κ2) is 7.67. The van der Waals surface area contributed by atoms with E-state index in [2.05, 4.69) is 40.1 Å². The van der Waals surface area contributed by atoms with E-state index in [1.54, 1.807) is 12.1 Å². The van der Waals surface area contributed by atoms with Gasteiger partial charge in [0.05, 0.1) is 18.0 Å². The molecule has 2 atom stereocenters. The number of rotatable bonds is 5. The van der Waals surface area contributed by atoms with Gasteiger partial charge >= 0.3 is 5.69 Å². The third kappa shape index (κ3) is 3.62. The maximum Gasteiger partial charge on any atom is 0.346 e. The van der Waals surface area contributed by atoms with Crippen molar-refractivity contribution in [3.8, 4) is 0 Å². The Morgan fingerprint density at radius 3 is 3.00 bits per heavy atom. The number of benzene rings is 1. The lowest BCUT2D eigenvalue weighted by Crippen LogP contribution is -2.49. The van der Waals surface area contributed by atoms with E-state index in [1.165, 1.54) is 17.8 Å². The zero-order chi connectivity index (χ0) is 19.7. The predicted octanol–water partition coefficient (Wildman–Crippen LogP) is 2.95. The summed E-state index contributed by atoms with van der Waals surface area (Å²) in [7, 11) is 0. The van der Waals surface area contributed by atoms with Crippen LogP contribution in [0.2, 0.25) is 0 Å². The Labute approximate surface area is 163 Å². The number of aliphatic imine (C=N–C) groups is 1. The van der Waals surface area contributed by atoms with Crippen molar-refractivity contribution >= 4 is 17.2 Å². The van der Waals surface area contributed by atoms with Gasteiger partial charge in [-0.3, -0.25) is 4.98 Å². The SMILES string of the molecule is CC1=CC2=Nc3cnc(=O)[nH]c3N(CCNCc3ccccc3F)C2CC1C. The van der Waals surface area contributed by atoms with E-state index in [4.69, 9.17) is 4.99 Å². The monoisotopic (exact) mass is 381 g/mol. The average Bonchev–Trinajstić information content (AvgIpc) is 2.67. The first-order valence-corrected chi connectivity index (χ1v) is 9.60. The van der Waals surface area contributed by atoms with E-state index in [1.807, 2.05) is 6.07 Å². The van der Waals surface area contributed by atoms with Gasteiger partial charge in [0.2, 0.25) is 0 Å². The van der Waals surface area contributed by atoms with Crippen LogP contribution in [0.15, 0.2) is 51.9 Å². The molecule has 0 radical (unpaired) electrons. The van der Waals surface area contributed by atoms with Crippen molar-refractivity contribution in [3.05, 3.63) is 64.0 Å². The van der Waals surface area contributed by atoms with E-state index in [9.17, 15) is 9.18 Å². The largest absolute Gasteiger partial charge is 0.346 e. The number of hydrogen-bond donors (Lipinski definition) is 2. The smallest absolute Gasteiger partial charge is 0.346 e. The van der Waals surface area contributed by atoms with E-state index >= 15 is 0 Å². The highest BCUT2D eigenvalue weighted by Crippen LogP contribution is 2.36. The van der Waals surface area contributed by atoms with Crippen molar-refractivity contribution in [3.63, 3.8) is 0 Å². The number of aromatic nitrogens is 2. The lowest BCUT2D eigenvalue weighted by atomic mass is 9.84. The molecule has 0 saturated heterocycles. The van der Waals surface area contributed by atoms with E-state index in [0.29, 0.717) is 42.6 Å². The molecule has 6 nitrogen and oxygen atoms in total. The zero-order valence-corrected chi connectivity index (χ0v) is 16.1. The summed E-state index contributed by atoms with van der Waals surface area (Å²) in [5.74, 6) is 0.958. The fraction of sp³-hybridized carbons (Fsp3) is 0.381. The molecule has 2 N–H and O–H groups in total. The Bertz CT molecular complexity index is 996. The van der Waals surface area contributed by atoms with Crippen molar-refractivity contribution < 1.29 is 4.39 Å². The number of allylic oxidation sites excluding steroid dienone is 1. The molecule has 4 rings (SSSR count). The number of hydrogen-bond acceptors (Lipinski definition) is 5. The molecule has 1 aromatic carbocycles. The van der Waals surface area contributed by atoms with Gasteiger partial charge in [-0.1, -0.05) is 30.7 Å². The number of H-pyrrole nitrogens is 1. The van der Waals surface area contributed by atoms with Crippen molar-refractivity contribution in [2.75, 3.05) is 18.0 Å². The Morgan fingerprint density at radius 2 is 2.18 bits per heavy atom. The molecule has 0 fully saturated rings. The molecule has 1 aliphatic heterocycles. The molecular weight excluding hydrogens is 357 g/mol. The van der Waals surface area contributed by atoms with Crippen molar-refractivity contribution in [1.82, 2.24) is 15.3 Å². The molecule has 2 aromatic rings. The highest BCUT2D eigenvalue weighted by molar-refractivity contribution is 6.06. The first-order valence-electron chi connectivity index (χ1n) is 9.60. The second-order valence-corrected chi connectivity index (χ2v) is 7.46. The van der Waals surface area contributed by atoms with E-state index in [0.717, 1.165) is 12.1 Å². The Hall–Kier alpha value is -2.80. The molecule has 146 valence electrons. The summed E-state index contributed by atoms with van der Waals surface area (Å²) < 4.78 is 13.8. The Balaban J connectivity index is 1.53. The molecule has 0 spiro atoms.